The normalized spacial score (nSPS) is 27.5. The van der Waals surface area contributed by atoms with Crippen molar-refractivity contribution in [3.05, 3.63) is 40.7 Å². The van der Waals surface area contributed by atoms with E-state index in [1.165, 1.54) is 11.9 Å². The molecule has 0 amide bonds. The van der Waals surface area contributed by atoms with Crippen molar-refractivity contribution in [2.75, 3.05) is 13.7 Å². The average Bonchev–Trinajstić information content (AvgIpc) is 3.31. The SMILES string of the molecule is CCN1C2CCC(OCc3cc(C(F)(F)F)cc(C(F)(F)F)c3)C1(C)CC2c1nnn(COC)n1. The standard InChI is InChI=1S/C22H27F6N5O2/c1-4-32-17-5-6-18(20(32,2)10-16(17)19-29-31-33(30-19)12-34-3)35-11-13-7-14(21(23,24)25)9-15(8-13)22(26,27)28/h7-9,16-18H,4-6,10-12H2,1-3H3. The Labute approximate surface area is 198 Å². The van der Waals surface area contributed by atoms with Crippen molar-refractivity contribution in [3.63, 3.8) is 0 Å². The Morgan fingerprint density at radius 3 is 2.29 bits per heavy atom. The Morgan fingerprint density at radius 1 is 1.06 bits per heavy atom. The first-order valence-corrected chi connectivity index (χ1v) is 11.3. The van der Waals surface area contributed by atoms with Gasteiger partial charge in [0.2, 0.25) is 0 Å². The van der Waals surface area contributed by atoms with E-state index in [4.69, 9.17) is 9.47 Å². The molecule has 2 aliphatic heterocycles. The van der Waals surface area contributed by atoms with E-state index in [1.807, 2.05) is 13.8 Å². The lowest BCUT2D eigenvalue weighted by molar-refractivity contribution is -0.143. The quantitative estimate of drug-likeness (QED) is 0.510. The van der Waals surface area contributed by atoms with Crippen LogP contribution in [0.2, 0.25) is 0 Å². The number of benzene rings is 1. The Kier molecular flexibility index (Phi) is 6.88. The highest BCUT2D eigenvalue weighted by Crippen LogP contribution is 2.51. The molecule has 3 heterocycles. The molecular formula is C22H27F6N5O2. The molecule has 0 spiro atoms. The maximum atomic E-state index is 13.2. The molecule has 2 saturated heterocycles. The molecule has 1 aromatic heterocycles. The number of tetrazole rings is 1. The summed E-state index contributed by atoms with van der Waals surface area (Å²) in [6.07, 6.45) is -8.21. The number of nitrogens with zero attached hydrogens (tertiary/aromatic N) is 5. The lowest BCUT2D eigenvalue weighted by Gasteiger charge is -2.47. The highest BCUT2D eigenvalue weighted by atomic mass is 19.4. The molecule has 4 unspecified atom stereocenters. The largest absolute Gasteiger partial charge is 0.416 e. The van der Waals surface area contributed by atoms with E-state index in [9.17, 15) is 26.3 Å². The van der Waals surface area contributed by atoms with Crippen LogP contribution >= 0.6 is 0 Å². The summed E-state index contributed by atoms with van der Waals surface area (Å²) in [5, 5.41) is 12.6. The third-order valence-corrected chi connectivity index (χ3v) is 7.06. The summed E-state index contributed by atoms with van der Waals surface area (Å²) in [5.41, 5.74) is -3.34. The molecule has 35 heavy (non-hydrogen) atoms. The zero-order valence-electron chi connectivity index (χ0n) is 19.5. The molecule has 0 radical (unpaired) electrons. The molecule has 7 nitrogen and oxygen atoms in total. The smallest absolute Gasteiger partial charge is 0.372 e. The third kappa shape index (κ3) is 5.03. The predicted octanol–water partition coefficient (Wildman–Crippen LogP) is 4.63. The molecule has 194 valence electrons. The first-order chi connectivity index (χ1) is 16.4. The van der Waals surface area contributed by atoms with Gasteiger partial charge in [0, 0.05) is 24.6 Å². The molecule has 0 N–H and O–H groups in total. The number of rotatable bonds is 7. The molecule has 2 aliphatic rings. The number of ether oxygens (including phenoxy) is 2. The highest BCUT2D eigenvalue weighted by Gasteiger charge is 2.57. The van der Waals surface area contributed by atoms with Crippen molar-refractivity contribution < 1.29 is 35.8 Å². The molecule has 4 rings (SSSR count). The van der Waals surface area contributed by atoms with E-state index in [1.54, 1.807) is 0 Å². The van der Waals surface area contributed by atoms with Crippen LogP contribution in [0.15, 0.2) is 18.2 Å². The number of aromatic nitrogens is 4. The summed E-state index contributed by atoms with van der Waals surface area (Å²) >= 11 is 0. The number of methoxy groups -OCH3 is 1. The van der Waals surface area contributed by atoms with Crippen molar-refractivity contribution in [1.82, 2.24) is 25.1 Å². The summed E-state index contributed by atoms with van der Waals surface area (Å²) in [4.78, 5) is 3.63. The number of likely N-dealkylation sites (N-methyl/N-ethyl adjacent to an activating group) is 1. The Morgan fingerprint density at radius 2 is 1.71 bits per heavy atom. The van der Waals surface area contributed by atoms with Gasteiger partial charge in [-0.2, -0.15) is 26.3 Å². The van der Waals surface area contributed by atoms with Crippen molar-refractivity contribution in [1.29, 1.82) is 0 Å². The minimum Gasteiger partial charge on any atom is -0.372 e. The second-order valence-electron chi connectivity index (χ2n) is 9.25. The minimum absolute atomic E-state index is 0.0236. The van der Waals surface area contributed by atoms with E-state index >= 15 is 0 Å². The van der Waals surface area contributed by atoms with E-state index < -0.39 is 29.0 Å². The van der Waals surface area contributed by atoms with Gasteiger partial charge in [-0.05, 0) is 61.7 Å². The monoisotopic (exact) mass is 507 g/mol. The zero-order chi connectivity index (χ0) is 25.6. The molecule has 0 saturated carbocycles. The fourth-order valence-electron chi connectivity index (χ4n) is 5.60. The number of halogens is 6. The van der Waals surface area contributed by atoms with E-state index in [-0.39, 0.29) is 43.0 Å². The Hall–Kier alpha value is -2.25. The number of piperidine rings is 1. The van der Waals surface area contributed by atoms with Crippen molar-refractivity contribution in [2.45, 2.75) is 82.4 Å². The van der Waals surface area contributed by atoms with Crippen molar-refractivity contribution >= 4 is 0 Å². The van der Waals surface area contributed by atoms with Gasteiger partial charge in [0.1, 0.15) is 0 Å². The van der Waals surface area contributed by atoms with Gasteiger partial charge >= 0.3 is 12.4 Å². The molecule has 13 heteroatoms. The lowest BCUT2D eigenvalue weighted by atomic mass is 9.86. The summed E-state index contributed by atoms with van der Waals surface area (Å²) in [7, 11) is 1.52. The van der Waals surface area contributed by atoms with Gasteiger partial charge in [-0.25, -0.2) is 0 Å². The fraction of sp³-hybridized carbons (Fsp3) is 0.682. The van der Waals surface area contributed by atoms with Crippen LogP contribution in [0.25, 0.3) is 0 Å². The van der Waals surface area contributed by atoms with Crippen LogP contribution in [-0.4, -0.2) is 56.4 Å². The van der Waals surface area contributed by atoms with E-state index in [2.05, 4.69) is 20.3 Å². The molecule has 2 aromatic rings. The van der Waals surface area contributed by atoms with Crippen LogP contribution in [0.3, 0.4) is 0 Å². The van der Waals surface area contributed by atoms with Crippen LogP contribution < -0.4 is 0 Å². The second kappa shape index (κ2) is 9.32. The number of alkyl halides is 6. The van der Waals surface area contributed by atoms with E-state index in [0.29, 0.717) is 25.2 Å². The maximum Gasteiger partial charge on any atom is 0.416 e. The van der Waals surface area contributed by atoms with Gasteiger partial charge in [0.25, 0.3) is 0 Å². The molecule has 4 atom stereocenters. The molecule has 2 bridgehead atoms. The first-order valence-electron chi connectivity index (χ1n) is 11.3. The second-order valence-corrected chi connectivity index (χ2v) is 9.25. The van der Waals surface area contributed by atoms with Gasteiger partial charge in [0.15, 0.2) is 12.6 Å². The molecular weight excluding hydrogens is 480 g/mol. The van der Waals surface area contributed by atoms with Crippen LogP contribution in [-0.2, 0) is 35.2 Å². The van der Waals surface area contributed by atoms with Gasteiger partial charge in [0.05, 0.1) is 23.8 Å². The number of fused-ring (bicyclic) bond motifs is 2. The third-order valence-electron chi connectivity index (χ3n) is 7.06. The van der Waals surface area contributed by atoms with E-state index in [0.717, 1.165) is 18.6 Å². The summed E-state index contributed by atoms with van der Waals surface area (Å²) in [6.45, 7) is 4.53. The lowest BCUT2D eigenvalue weighted by Crippen LogP contribution is -2.57. The minimum atomic E-state index is -4.90. The van der Waals surface area contributed by atoms with Gasteiger partial charge in [-0.1, -0.05) is 6.92 Å². The summed E-state index contributed by atoms with van der Waals surface area (Å²) < 4.78 is 90.4. The highest BCUT2D eigenvalue weighted by molar-refractivity contribution is 5.33. The van der Waals surface area contributed by atoms with Crippen LogP contribution in [0.5, 0.6) is 0 Å². The van der Waals surface area contributed by atoms with Crippen LogP contribution in [0, 0.1) is 0 Å². The van der Waals surface area contributed by atoms with Gasteiger partial charge < -0.3 is 9.47 Å². The van der Waals surface area contributed by atoms with Gasteiger partial charge in [-0.15, -0.1) is 15.0 Å². The number of hydrogen-bond acceptors (Lipinski definition) is 6. The number of hydrogen-bond donors (Lipinski definition) is 0. The van der Waals surface area contributed by atoms with Crippen molar-refractivity contribution in [3.8, 4) is 0 Å². The predicted molar refractivity (Wildman–Crippen MR) is 111 cm³/mol. The molecule has 2 fully saturated rings. The van der Waals surface area contributed by atoms with Gasteiger partial charge in [-0.3, -0.25) is 4.90 Å². The average molecular weight is 507 g/mol. The maximum absolute atomic E-state index is 13.2. The fourth-order valence-corrected chi connectivity index (χ4v) is 5.60. The van der Waals surface area contributed by atoms with Crippen LogP contribution in [0.4, 0.5) is 26.3 Å². The topological polar surface area (TPSA) is 65.3 Å². The van der Waals surface area contributed by atoms with Crippen molar-refractivity contribution in [2.24, 2.45) is 0 Å². The summed E-state index contributed by atoms with van der Waals surface area (Å²) in [6, 6.07) is 1.70. The Bertz CT molecular complexity index is 1010. The summed E-state index contributed by atoms with van der Waals surface area (Å²) in [5.74, 6) is 0.562. The zero-order valence-corrected chi connectivity index (χ0v) is 19.5. The Balaban J connectivity index is 1.55. The first kappa shape index (κ1) is 25.8. The van der Waals surface area contributed by atoms with Crippen LogP contribution in [0.1, 0.15) is 61.5 Å². The molecule has 1 aromatic carbocycles. The molecule has 0 aliphatic carbocycles.